The van der Waals surface area contributed by atoms with E-state index < -0.39 is 0 Å². The second-order valence-electron chi connectivity index (χ2n) is 4.68. The number of aryl methyl sites for hydroxylation is 1. The number of alkyl halides is 1. The van der Waals surface area contributed by atoms with Crippen LogP contribution in [0.1, 0.15) is 37.3 Å². The Hall–Kier alpha value is -1.10. The Morgan fingerprint density at radius 1 is 1.44 bits per heavy atom. The first-order valence-corrected chi connectivity index (χ1v) is 6.96. The molecule has 5 nitrogen and oxygen atoms in total. The van der Waals surface area contributed by atoms with E-state index in [0.29, 0.717) is 18.8 Å². The van der Waals surface area contributed by atoms with Crippen molar-refractivity contribution in [2.45, 2.75) is 45.2 Å². The summed E-state index contributed by atoms with van der Waals surface area (Å²) in [7, 11) is 1.82. The average molecular weight is 271 g/mol. The van der Waals surface area contributed by atoms with Crippen molar-refractivity contribution in [3.8, 4) is 0 Å². The third kappa shape index (κ3) is 3.02. The summed E-state index contributed by atoms with van der Waals surface area (Å²) in [5.74, 6) is 2.72. The third-order valence-electron chi connectivity index (χ3n) is 3.26. The van der Waals surface area contributed by atoms with Gasteiger partial charge in [0.15, 0.2) is 5.82 Å². The smallest absolute Gasteiger partial charge is 0.222 e. The van der Waals surface area contributed by atoms with Gasteiger partial charge in [0.2, 0.25) is 5.91 Å². The van der Waals surface area contributed by atoms with Crippen LogP contribution in [0.3, 0.4) is 0 Å². The number of carbonyl (C=O) groups is 1. The lowest BCUT2D eigenvalue weighted by Crippen LogP contribution is -2.27. The molecule has 0 saturated heterocycles. The summed E-state index contributed by atoms with van der Waals surface area (Å²) in [6.45, 7) is 1.53. The molecule has 0 unspecified atom stereocenters. The fourth-order valence-corrected chi connectivity index (χ4v) is 2.38. The number of aromatic nitrogens is 3. The second kappa shape index (κ2) is 6.18. The first-order chi connectivity index (χ1) is 8.72. The van der Waals surface area contributed by atoms with Gasteiger partial charge in [-0.3, -0.25) is 4.79 Å². The molecule has 0 atom stereocenters. The van der Waals surface area contributed by atoms with E-state index in [-0.39, 0.29) is 5.91 Å². The van der Waals surface area contributed by atoms with Gasteiger partial charge in [-0.1, -0.05) is 0 Å². The highest BCUT2D eigenvalue weighted by Crippen LogP contribution is 2.15. The van der Waals surface area contributed by atoms with Crippen LogP contribution in [0.2, 0.25) is 0 Å². The zero-order valence-corrected chi connectivity index (χ0v) is 11.5. The largest absolute Gasteiger partial charge is 0.338 e. The third-order valence-corrected chi connectivity index (χ3v) is 3.53. The Labute approximate surface area is 112 Å². The maximum absolute atomic E-state index is 11.9. The normalized spacial score (nSPS) is 13.7. The van der Waals surface area contributed by atoms with Gasteiger partial charge in [0.25, 0.3) is 0 Å². The molecule has 0 saturated carbocycles. The van der Waals surface area contributed by atoms with Gasteiger partial charge in [0, 0.05) is 32.3 Å². The highest BCUT2D eigenvalue weighted by Gasteiger charge is 2.19. The second-order valence-corrected chi connectivity index (χ2v) is 5.06. The molecule has 18 heavy (non-hydrogen) atoms. The molecular formula is C12H19ClN4O. The summed E-state index contributed by atoms with van der Waals surface area (Å²) in [5, 5.41) is 8.30. The minimum atomic E-state index is 0.149. The van der Waals surface area contributed by atoms with Crippen molar-refractivity contribution < 1.29 is 4.79 Å². The topological polar surface area (TPSA) is 51.0 Å². The molecule has 0 radical (unpaired) electrons. The molecule has 1 aromatic rings. The number of carbonyl (C=O) groups excluding carboxylic acids is 1. The number of halogens is 1. The number of unbranched alkanes of at least 4 members (excludes halogenated alkanes) is 1. The standard InChI is InChI=1S/C12H19ClN4O/c1-16(12(18)6-2-3-7-13)9-11-15-14-10-5-4-8-17(10)11/h2-9H2,1H3. The van der Waals surface area contributed by atoms with Gasteiger partial charge in [0.05, 0.1) is 6.54 Å². The Kier molecular flexibility index (Phi) is 4.58. The van der Waals surface area contributed by atoms with E-state index >= 15 is 0 Å². The van der Waals surface area contributed by atoms with E-state index in [1.807, 2.05) is 7.05 Å². The molecule has 1 aromatic heterocycles. The molecule has 0 aliphatic carbocycles. The van der Waals surface area contributed by atoms with Crippen LogP contribution in [0.5, 0.6) is 0 Å². The molecule has 2 heterocycles. The molecule has 0 N–H and O–H groups in total. The van der Waals surface area contributed by atoms with Gasteiger partial charge in [-0.05, 0) is 19.3 Å². The Morgan fingerprint density at radius 2 is 2.28 bits per heavy atom. The van der Waals surface area contributed by atoms with Crippen molar-refractivity contribution >= 4 is 17.5 Å². The number of hydrogen-bond donors (Lipinski definition) is 0. The van der Waals surface area contributed by atoms with Gasteiger partial charge in [-0.15, -0.1) is 21.8 Å². The molecule has 0 bridgehead atoms. The molecule has 6 heteroatoms. The molecule has 1 aliphatic rings. The summed E-state index contributed by atoms with van der Waals surface area (Å²) in [6, 6.07) is 0. The summed E-state index contributed by atoms with van der Waals surface area (Å²) in [6.07, 6.45) is 4.43. The predicted octanol–water partition coefficient (Wildman–Crippen LogP) is 1.59. The van der Waals surface area contributed by atoms with E-state index in [1.54, 1.807) is 4.90 Å². The van der Waals surface area contributed by atoms with Crippen LogP contribution in [-0.2, 0) is 24.3 Å². The van der Waals surface area contributed by atoms with Crippen molar-refractivity contribution in [2.24, 2.45) is 0 Å². The summed E-state index contributed by atoms with van der Waals surface area (Å²) in [5.41, 5.74) is 0. The zero-order valence-electron chi connectivity index (χ0n) is 10.7. The first kappa shape index (κ1) is 13.3. The number of fused-ring (bicyclic) bond motifs is 1. The monoisotopic (exact) mass is 270 g/mol. The van der Waals surface area contributed by atoms with Crippen molar-refractivity contribution in [2.75, 3.05) is 12.9 Å². The highest BCUT2D eigenvalue weighted by atomic mass is 35.5. The molecular weight excluding hydrogens is 252 g/mol. The van der Waals surface area contributed by atoms with Crippen LogP contribution in [0.15, 0.2) is 0 Å². The van der Waals surface area contributed by atoms with Crippen molar-refractivity contribution in [3.63, 3.8) is 0 Å². The van der Waals surface area contributed by atoms with E-state index in [1.165, 1.54) is 0 Å². The van der Waals surface area contributed by atoms with E-state index in [4.69, 9.17) is 11.6 Å². The van der Waals surface area contributed by atoms with Crippen LogP contribution in [0.4, 0.5) is 0 Å². The van der Waals surface area contributed by atoms with Crippen molar-refractivity contribution in [3.05, 3.63) is 11.6 Å². The fourth-order valence-electron chi connectivity index (χ4n) is 2.19. The minimum absolute atomic E-state index is 0.149. The van der Waals surface area contributed by atoms with E-state index in [0.717, 1.165) is 43.9 Å². The Balaban J connectivity index is 1.86. The summed E-state index contributed by atoms with van der Waals surface area (Å²) >= 11 is 5.60. The molecule has 1 aliphatic heterocycles. The molecule has 1 amide bonds. The number of nitrogens with zero attached hydrogens (tertiary/aromatic N) is 4. The molecule has 0 aromatic carbocycles. The number of amides is 1. The molecule has 0 fully saturated rings. The number of hydrogen-bond acceptors (Lipinski definition) is 3. The van der Waals surface area contributed by atoms with Crippen LogP contribution < -0.4 is 0 Å². The molecule has 0 spiro atoms. The van der Waals surface area contributed by atoms with Gasteiger partial charge in [0.1, 0.15) is 5.82 Å². The zero-order chi connectivity index (χ0) is 13.0. The Morgan fingerprint density at radius 3 is 3.06 bits per heavy atom. The lowest BCUT2D eigenvalue weighted by atomic mass is 10.2. The van der Waals surface area contributed by atoms with Gasteiger partial charge >= 0.3 is 0 Å². The minimum Gasteiger partial charge on any atom is -0.338 e. The lowest BCUT2D eigenvalue weighted by molar-refractivity contribution is -0.130. The lowest BCUT2D eigenvalue weighted by Gasteiger charge is -2.16. The quantitative estimate of drug-likeness (QED) is 0.583. The predicted molar refractivity (Wildman–Crippen MR) is 69.4 cm³/mol. The number of rotatable bonds is 6. The van der Waals surface area contributed by atoms with E-state index in [9.17, 15) is 4.79 Å². The molecule has 100 valence electrons. The van der Waals surface area contributed by atoms with Gasteiger partial charge in [-0.2, -0.15) is 0 Å². The first-order valence-electron chi connectivity index (χ1n) is 6.43. The van der Waals surface area contributed by atoms with Gasteiger partial charge in [-0.25, -0.2) is 0 Å². The highest BCUT2D eigenvalue weighted by molar-refractivity contribution is 6.17. The van der Waals surface area contributed by atoms with E-state index in [2.05, 4.69) is 14.8 Å². The Bertz CT molecular complexity index is 418. The fraction of sp³-hybridized carbons (Fsp3) is 0.750. The average Bonchev–Trinajstić information content (AvgIpc) is 2.94. The van der Waals surface area contributed by atoms with Gasteiger partial charge < -0.3 is 9.47 Å². The maximum Gasteiger partial charge on any atom is 0.222 e. The maximum atomic E-state index is 11.9. The van der Waals surface area contributed by atoms with Crippen LogP contribution in [0.25, 0.3) is 0 Å². The van der Waals surface area contributed by atoms with Crippen molar-refractivity contribution in [1.82, 2.24) is 19.7 Å². The molecule has 2 rings (SSSR count). The van der Waals surface area contributed by atoms with Crippen LogP contribution in [-0.4, -0.2) is 38.5 Å². The summed E-state index contributed by atoms with van der Waals surface area (Å²) < 4.78 is 2.13. The SMILES string of the molecule is CN(Cc1nnc2n1CCC2)C(=O)CCCCCl. The summed E-state index contributed by atoms with van der Waals surface area (Å²) in [4.78, 5) is 13.6. The van der Waals surface area contributed by atoms with Crippen molar-refractivity contribution in [1.29, 1.82) is 0 Å². The van der Waals surface area contributed by atoms with Crippen LogP contribution >= 0.6 is 11.6 Å². The van der Waals surface area contributed by atoms with Crippen LogP contribution in [0, 0.1) is 0 Å².